The molecular formula is C10H10F3N3O. The topological polar surface area (TPSA) is 61.8 Å². The molecule has 0 bridgehead atoms. The SMILES string of the molecule is CO.FC(F)(F)c1cc(-c2ccccn2)n[nH]1. The van der Waals surface area contributed by atoms with E-state index in [1.807, 2.05) is 5.10 Å². The van der Waals surface area contributed by atoms with Gasteiger partial charge in [-0.15, -0.1) is 0 Å². The van der Waals surface area contributed by atoms with E-state index in [-0.39, 0.29) is 5.69 Å². The fourth-order valence-corrected chi connectivity index (χ4v) is 1.11. The molecule has 2 heterocycles. The van der Waals surface area contributed by atoms with Gasteiger partial charge in [0, 0.05) is 13.3 Å². The molecule has 0 aliphatic rings. The highest BCUT2D eigenvalue weighted by molar-refractivity contribution is 5.53. The zero-order chi connectivity index (χ0) is 12.9. The second kappa shape index (κ2) is 5.44. The summed E-state index contributed by atoms with van der Waals surface area (Å²) >= 11 is 0. The van der Waals surface area contributed by atoms with E-state index < -0.39 is 11.9 Å². The minimum absolute atomic E-state index is 0.183. The van der Waals surface area contributed by atoms with Crippen molar-refractivity contribution in [1.82, 2.24) is 15.2 Å². The molecule has 0 aliphatic heterocycles. The molecule has 0 saturated carbocycles. The number of H-pyrrole nitrogens is 1. The number of alkyl halides is 3. The molecule has 17 heavy (non-hydrogen) atoms. The average molecular weight is 245 g/mol. The highest BCUT2D eigenvalue weighted by Crippen LogP contribution is 2.29. The fraction of sp³-hybridized carbons (Fsp3) is 0.200. The standard InChI is InChI=1S/C9H6F3N3.CH4O/c10-9(11,12)8-5-7(14-15-8)6-3-1-2-4-13-6;1-2/h1-5H,(H,14,15);2H,1H3. The lowest BCUT2D eigenvalue weighted by Crippen LogP contribution is -2.04. The zero-order valence-electron chi connectivity index (χ0n) is 8.86. The maximum Gasteiger partial charge on any atom is 0.432 e. The summed E-state index contributed by atoms with van der Waals surface area (Å²) in [6.07, 6.45) is -2.91. The number of aromatic amines is 1. The minimum atomic E-state index is -4.40. The fourth-order valence-electron chi connectivity index (χ4n) is 1.11. The van der Waals surface area contributed by atoms with Gasteiger partial charge in [-0.1, -0.05) is 6.07 Å². The Kier molecular flexibility index (Phi) is 4.22. The summed E-state index contributed by atoms with van der Waals surface area (Å²) in [4.78, 5) is 3.89. The Morgan fingerprint density at radius 1 is 1.18 bits per heavy atom. The lowest BCUT2D eigenvalue weighted by molar-refractivity contribution is -0.141. The molecular weight excluding hydrogens is 235 g/mol. The van der Waals surface area contributed by atoms with Crippen molar-refractivity contribution in [3.63, 3.8) is 0 Å². The minimum Gasteiger partial charge on any atom is -0.400 e. The maximum atomic E-state index is 12.2. The van der Waals surface area contributed by atoms with E-state index in [1.54, 1.807) is 18.2 Å². The van der Waals surface area contributed by atoms with Crippen LogP contribution < -0.4 is 0 Å². The third kappa shape index (κ3) is 3.28. The van der Waals surface area contributed by atoms with Crippen molar-refractivity contribution in [3.8, 4) is 11.4 Å². The molecule has 0 radical (unpaired) electrons. The van der Waals surface area contributed by atoms with Crippen LogP contribution in [0.2, 0.25) is 0 Å². The number of aliphatic hydroxyl groups is 1. The van der Waals surface area contributed by atoms with Crippen molar-refractivity contribution in [2.75, 3.05) is 7.11 Å². The molecule has 2 aromatic heterocycles. The number of nitrogens with zero attached hydrogens (tertiary/aromatic N) is 2. The predicted molar refractivity (Wildman–Crippen MR) is 55.0 cm³/mol. The highest BCUT2D eigenvalue weighted by atomic mass is 19.4. The van der Waals surface area contributed by atoms with Gasteiger partial charge in [0.1, 0.15) is 11.4 Å². The lowest BCUT2D eigenvalue weighted by Gasteiger charge is -1.99. The highest BCUT2D eigenvalue weighted by Gasteiger charge is 2.33. The number of halogens is 3. The normalized spacial score (nSPS) is 10.6. The van der Waals surface area contributed by atoms with Gasteiger partial charge >= 0.3 is 6.18 Å². The molecule has 2 aromatic rings. The molecule has 0 unspecified atom stereocenters. The van der Waals surface area contributed by atoms with Gasteiger partial charge in [0.15, 0.2) is 0 Å². The number of aliphatic hydroxyl groups excluding tert-OH is 1. The number of nitrogens with one attached hydrogen (secondary N) is 1. The Labute approximate surface area is 95.1 Å². The summed E-state index contributed by atoms with van der Waals surface area (Å²) in [5.41, 5.74) is -0.282. The third-order valence-corrected chi connectivity index (χ3v) is 1.81. The van der Waals surface area contributed by atoms with Crippen LogP contribution >= 0.6 is 0 Å². The molecule has 0 aliphatic carbocycles. The first-order valence-corrected chi connectivity index (χ1v) is 4.56. The first-order chi connectivity index (χ1) is 8.07. The molecule has 2 N–H and O–H groups in total. The molecule has 2 rings (SSSR count). The van der Waals surface area contributed by atoms with Gasteiger partial charge in [-0.05, 0) is 18.2 Å². The van der Waals surface area contributed by atoms with Crippen LogP contribution in [0.1, 0.15) is 5.69 Å². The van der Waals surface area contributed by atoms with E-state index in [2.05, 4.69) is 10.1 Å². The van der Waals surface area contributed by atoms with Crippen LogP contribution in [0, 0.1) is 0 Å². The van der Waals surface area contributed by atoms with E-state index >= 15 is 0 Å². The third-order valence-electron chi connectivity index (χ3n) is 1.81. The van der Waals surface area contributed by atoms with E-state index in [0.29, 0.717) is 5.69 Å². The second-order valence-corrected chi connectivity index (χ2v) is 2.88. The number of hydrogen-bond acceptors (Lipinski definition) is 3. The molecule has 92 valence electrons. The van der Waals surface area contributed by atoms with Crippen LogP contribution in [-0.4, -0.2) is 27.4 Å². The van der Waals surface area contributed by atoms with Crippen molar-refractivity contribution >= 4 is 0 Å². The molecule has 0 amide bonds. The van der Waals surface area contributed by atoms with Gasteiger partial charge in [-0.2, -0.15) is 18.3 Å². The Morgan fingerprint density at radius 2 is 1.88 bits per heavy atom. The number of hydrogen-bond donors (Lipinski definition) is 2. The van der Waals surface area contributed by atoms with Gasteiger partial charge in [-0.25, -0.2) is 0 Å². The molecule has 0 fully saturated rings. The van der Waals surface area contributed by atoms with E-state index in [4.69, 9.17) is 5.11 Å². The summed E-state index contributed by atoms with van der Waals surface area (Å²) in [5, 5.41) is 12.5. The molecule has 0 spiro atoms. The lowest BCUT2D eigenvalue weighted by atomic mass is 10.2. The smallest absolute Gasteiger partial charge is 0.400 e. The summed E-state index contributed by atoms with van der Waals surface area (Å²) in [6, 6.07) is 5.89. The molecule has 0 aromatic carbocycles. The first-order valence-electron chi connectivity index (χ1n) is 4.56. The van der Waals surface area contributed by atoms with Crippen LogP contribution in [0.5, 0.6) is 0 Å². The summed E-state index contributed by atoms with van der Waals surface area (Å²) < 4.78 is 36.7. The maximum absolute atomic E-state index is 12.2. The molecule has 0 saturated heterocycles. The first kappa shape index (κ1) is 13.2. The summed E-state index contributed by atoms with van der Waals surface area (Å²) in [6.45, 7) is 0. The van der Waals surface area contributed by atoms with E-state index in [1.165, 1.54) is 6.20 Å². The Hall–Kier alpha value is -1.89. The van der Waals surface area contributed by atoms with Gasteiger partial charge < -0.3 is 5.11 Å². The molecule has 7 heteroatoms. The van der Waals surface area contributed by atoms with Gasteiger partial charge in [0.25, 0.3) is 0 Å². The Morgan fingerprint density at radius 3 is 2.35 bits per heavy atom. The van der Waals surface area contributed by atoms with Crippen molar-refractivity contribution in [1.29, 1.82) is 0 Å². The largest absolute Gasteiger partial charge is 0.432 e. The summed E-state index contributed by atoms with van der Waals surface area (Å²) in [7, 11) is 1.00. The Bertz CT molecular complexity index is 453. The van der Waals surface area contributed by atoms with Crippen LogP contribution in [0.3, 0.4) is 0 Å². The Balaban J connectivity index is 0.000000686. The van der Waals surface area contributed by atoms with Crippen LogP contribution in [0.4, 0.5) is 13.2 Å². The molecule has 0 atom stereocenters. The summed E-state index contributed by atoms with van der Waals surface area (Å²) in [5.74, 6) is 0. The van der Waals surface area contributed by atoms with Crippen molar-refractivity contribution < 1.29 is 18.3 Å². The van der Waals surface area contributed by atoms with Gasteiger partial charge in [0.05, 0.1) is 5.69 Å². The van der Waals surface area contributed by atoms with Crippen molar-refractivity contribution in [2.45, 2.75) is 6.18 Å². The van der Waals surface area contributed by atoms with Gasteiger partial charge in [0.2, 0.25) is 0 Å². The number of rotatable bonds is 1. The van der Waals surface area contributed by atoms with Crippen molar-refractivity contribution in [2.24, 2.45) is 0 Å². The average Bonchev–Trinajstić information content (AvgIpc) is 2.82. The van der Waals surface area contributed by atoms with Crippen molar-refractivity contribution in [3.05, 3.63) is 36.2 Å². The van der Waals surface area contributed by atoms with E-state index in [0.717, 1.165) is 13.2 Å². The monoisotopic (exact) mass is 245 g/mol. The van der Waals surface area contributed by atoms with Crippen LogP contribution in [0.15, 0.2) is 30.5 Å². The molecule has 4 nitrogen and oxygen atoms in total. The van der Waals surface area contributed by atoms with Crippen LogP contribution in [0.25, 0.3) is 11.4 Å². The quantitative estimate of drug-likeness (QED) is 0.808. The number of pyridine rings is 1. The second-order valence-electron chi connectivity index (χ2n) is 2.88. The zero-order valence-corrected chi connectivity index (χ0v) is 8.86. The predicted octanol–water partition coefficient (Wildman–Crippen LogP) is 2.10. The number of aromatic nitrogens is 3. The van der Waals surface area contributed by atoms with Gasteiger partial charge in [-0.3, -0.25) is 10.1 Å². The van der Waals surface area contributed by atoms with E-state index in [9.17, 15) is 13.2 Å². The van der Waals surface area contributed by atoms with Crippen LogP contribution in [-0.2, 0) is 6.18 Å².